The van der Waals surface area contributed by atoms with Crippen molar-refractivity contribution < 1.29 is 0 Å². The molecule has 0 N–H and O–H groups in total. The Morgan fingerprint density at radius 3 is 1.92 bits per heavy atom. The molecule has 4 heteroatoms. The molecule has 0 atom stereocenters. The van der Waals surface area contributed by atoms with E-state index in [1.807, 2.05) is 0 Å². The van der Waals surface area contributed by atoms with Gasteiger partial charge in [-0.2, -0.15) is 0 Å². The highest BCUT2D eigenvalue weighted by Crippen LogP contribution is 2.55. The van der Waals surface area contributed by atoms with Crippen molar-refractivity contribution in [3.63, 3.8) is 0 Å². The van der Waals surface area contributed by atoms with Crippen molar-refractivity contribution in [3.8, 4) is 11.4 Å². The molecule has 0 saturated carbocycles. The van der Waals surface area contributed by atoms with Crippen molar-refractivity contribution >= 4 is 78.3 Å². The Hall–Kier alpha value is -6.26. The number of anilines is 1. The minimum Gasteiger partial charge on any atom is -0.376 e. The summed E-state index contributed by atoms with van der Waals surface area (Å²) in [5, 5.41) is 5.17. The van der Waals surface area contributed by atoms with Gasteiger partial charge < -0.3 is 13.9 Å². The maximum Gasteiger partial charge on any atom is 0.333 e. The molecule has 238 valence electrons. The Balaban J connectivity index is 1.32. The highest BCUT2D eigenvalue weighted by Gasteiger charge is 2.51. The van der Waals surface area contributed by atoms with Gasteiger partial charge in [0, 0.05) is 55.3 Å². The van der Waals surface area contributed by atoms with Crippen LogP contribution in [-0.2, 0) is 5.41 Å². The molecule has 0 spiro atoms. The third-order valence-electron chi connectivity index (χ3n) is 12.0. The Kier molecular flexibility index (Phi) is 5.13. The Bertz CT molecular complexity index is 3000. The minimum absolute atomic E-state index is 0.0261. The summed E-state index contributed by atoms with van der Waals surface area (Å²) in [6.07, 6.45) is 0. The van der Waals surface area contributed by atoms with Gasteiger partial charge >= 0.3 is 6.85 Å². The summed E-state index contributed by atoms with van der Waals surface area (Å²) in [6, 6.07) is 58.7. The molecule has 1 aliphatic carbocycles. The molecule has 12 rings (SSSR count). The van der Waals surface area contributed by atoms with Gasteiger partial charge in [-0.1, -0.05) is 129 Å². The van der Waals surface area contributed by atoms with Crippen LogP contribution in [0.2, 0.25) is 0 Å². The third kappa shape index (κ3) is 3.27. The van der Waals surface area contributed by atoms with Gasteiger partial charge in [-0.3, -0.25) is 0 Å². The summed E-state index contributed by atoms with van der Waals surface area (Å²) in [5.41, 5.74) is 18.1. The van der Waals surface area contributed by atoms with E-state index in [1.54, 1.807) is 0 Å². The lowest BCUT2D eigenvalue weighted by molar-refractivity contribution is 0.704. The molecule has 0 fully saturated rings. The lowest BCUT2D eigenvalue weighted by Crippen LogP contribution is -2.62. The van der Waals surface area contributed by atoms with Crippen LogP contribution < -0.4 is 15.7 Å². The zero-order chi connectivity index (χ0) is 33.6. The largest absolute Gasteiger partial charge is 0.376 e. The predicted octanol–water partition coefficient (Wildman–Crippen LogP) is 9.98. The fourth-order valence-electron chi connectivity index (χ4n) is 10.1. The van der Waals surface area contributed by atoms with Crippen LogP contribution in [0.1, 0.15) is 30.5 Å². The van der Waals surface area contributed by atoms with Gasteiger partial charge in [0.1, 0.15) is 0 Å². The molecule has 3 aliphatic rings. The first-order chi connectivity index (χ1) is 25.1. The van der Waals surface area contributed by atoms with Gasteiger partial charge in [0.2, 0.25) is 0 Å². The molecular weight excluding hydrogens is 617 g/mol. The van der Waals surface area contributed by atoms with Crippen molar-refractivity contribution in [1.82, 2.24) is 9.13 Å². The zero-order valence-corrected chi connectivity index (χ0v) is 28.4. The summed E-state index contributed by atoms with van der Waals surface area (Å²) in [4.78, 5) is 2.69. The summed E-state index contributed by atoms with van der Waals surface area (Å²) in [7, 11) is 0. The van der Waals surface area contributed by atoms with Gasteiger partial charge in [-0.15, -0.1) is 0 Å². The van der Waals surface area contributed by atoms with E-state index < -0.39 is 0 Å². The summed E-state index contributed by atoms with van der Waals surface area (Å²) in [5.74, 6) is 0. The number of rotatable bonds is 2. The van der Waals surface area contributed by atoms with E-state index >= 15 is 0 Å². The normalized spacial score (nSPS) is 15.3. The standard InChI is InChI=1S/C47H32BN3/c1-47(2)36-24-12-9-21-32(36)45-42(47)34-23-15-27-40-43(34)48(51(45)30-18-7-4-8-19-30)37-28-35-31-20-10-13-25-38(31)49(29-16-5-3-6-17-29)44(35)41-33-22-11-14-26-39(33)50(40)46(37)41/h3-28H,1-2H3. The Morgan fingerprint density at radius 1 is 0.510 bits per heavy atom. The van der Waals surface area contributed by atoms with Crippen molar-refractivity contribution in [2.45, 2.75) is 19.3 Å². The molecule has 4 heterocycles. The van der Waals surface area contributed by atoms with Crippen LogP contribution in [0, 0.1) is 0 Å². The summed E-state index contributed by atoms with van der Waals surface area (Å²) < 4.78 is 5.09. The topological polar surface area (TPSA) is 13.1 Å². The van der Waals surface area contributed by atoms with E-state index in [1.165, 1.54) is 99.6 Å². The van der Waals surface area contributed by atoms with Gasteiger partial charge in [0.25, 0.3) is 0 Å². The number of nitrogens with zero attached hydrogens (tertiary/aromatic N) is 3. The molecule has 51 heavy (non-hydrogen) atoms. The number of aromatic nitrogens is 2. The van der Waals surface area contributed by atoms with Gasteiger partial charge in [0.15, 0.2) is 0 Å². The van der Waals surface area contributed by atoms with E-state index in [4.69, 9.17) is 0 Å². The molecule has 0 radical (unpaired) electrons. The predicted molar refractivity (Wildman–Crippen MR) is 215 cm³/mol. The second-order valence-corrected chi connectivity index (χ2v) is 14.9. The molecule has 0 unspecified atom stereocenters. The molecule has 3 nitrogen and oxygen atoms in total. The van der Waals surface area contributed by atoms with Crippen LogP contribution in [-0.4, -0.2) is 16.0 Å². The van der Waals surface area contributed by atoms with Crippen LogP contribution in [0.15, 0.2) is 158 Å². The average molecular weight is 650 g/mol. The number of fused-ring (bicyclic) bond motifs is 12. The zero-order valence-electron chi connectivity index (χ0n) is 28.4. The fourth-order valence-corrected chi connectivity index (χ4v) is 10.1. The van der Waals surface area contributed by atoms with Crippen molar-refractivity contribution in [2.24, 2.45) is 0 Å². The highest BCUT2D eigenvalue weighted by atomic mass is 15.1. The second kappa shape index (κ2) is 9.50. The number of hydrogen-bond acceptors (Lipinski definition) is 1. The molecular formula is C47H32BN3. The summed E-state index contributed by atoms with van der Waals surface area (Å²) >= 11 is 0. The quantitative estimate of drug-likeness (QED) is 0.170. The summed E-state index contributed by atoms with van der Waals surface area (Å²) in [6.45, 7) is 4.81. The van der Waals surface area contributed by atoms with Crippen molar-refractivity contribution in [1.29, 1.82) is 0 Å². The van der Waals surface area contributed by atoms with E-state index in [9.17, 15) is 0 Å². The number of para-hydroxylation sites is 4. The highest BCUT2D eigenvalue weighted by molar-refractivity contribution is 6.94. The Morgan fingerprint density at radius 2 is 1.14 bits per heavy atom. The van der Waals surface area contributed by atoms with Gasteiger partial charge in [0.05, 0.1) is 22.1 Å². The van der Waals surface area contributed by atoms with Crippen molar-refractivity contribution in [2.75, 3.05) is 4.81 Å². The number of benzene rings is 7. The van der Waals surface area contributed by atoms with Gasteiger partial charge in [-0.05, 0) is 70.1 Å². The first-order valence-corrected chi connectivity index (χ1v) is 18.0. The maximum absolute atomic E-state index is 2.69. The second-order valence-electron chi connectivity index (χ2n) is 14.9. The van der Waals surface area contributed by atoms with E-state index in [-0.39, 0.29) is 12.3 Å². The smallest absolute Gasteiger partial charge is 0.333 e. The molecule has 2 aromatic heterocycles. The average Bonchev–Trinajstić information content (AvgIpc) is 3.78. The molecule has 0 saturated heterocycles. The minimum atomic E-state index is -0.166. The molecule has 9 aromatic rings. The lowest BCUT2D eigenvalue weighted by atomic mass is 9.43. The number of hydrogen-bond donors (Lipinski definition) is 0. The molecule has 2 aliphatic heterocycles. The van der Waals surface area contributed by atoms with Crippen LogP contribution in [0.4, 0.5) is 5.69 Å². The fraction of sp³-hybridized carbons (Fsp3) is 0.0638. The number of allylic oxidation sites excluding steroid dienone is 1. The maximum atomic E-state index is 2.69. The van der Waals surface area contributed by atoms with Crippen LogP contribution in [0.3, 0.4) is 0 Å². The molecule has 0 bridgehead atoms. The van der Waals surface area contributed by atoms with E-state index in [0.29, 0.717) is 0 Å². The first-order valence-electron chi connectivity index (χ1n) is 18.0. The van der Waals surface area contributed by atoms with Crippen LogP contribution in [0.5, 0.6) is 0 Å². The van der Waals surface area contributed by atoms with E-state index in [0.717, 1.165) is 0 Å². The molecule has 7 aromatic carbocycles. The van der Waals surface area contributed by atoms with Crippen LogP contribution >= 0.6 is 0 Å². The van der Waals surface area contributed by atoms with E-state index in [2.05, 4.69) is 186 Å². The first kappa shape index (κ1) is 27.6. The van der Waals surface area contributed by atoms with Crippen LogP contribution in [0.25, 0.3) is 66.3 Å². The monoisotopic (exact) mass is 649 g/mol. The van der Waals surface area contributed by atoms with Crippen molar-refractivity contribution in [3.05, 3.63) is 174 Å². The molecule has 0 amide bonds. The lowest BCUT2D eigenvalue weighted by Gasteiger charge is -2.43. The third-order valence-corrected chi connectivity index (χ3v) is 12.0. The Labute approximate surface area is 296 Å². The SMILES string of the molecule is CC1(C)C2=C(c3ccccc31)N(c1ccccc1)B1c3c2cccc3-n2c3ccccc3c3c2c1cc1c2ccccc2n(-c2ccccc2)c13. The van der Waals surface area contributed by atoms with Gasteiger partial charge in [-0.25, -0.2) is 0 Å².